The first-order chi connectivity index (χ1) is 12.8. The number of rotatable bonds is 2. The third-order valence-corrected chi connectivity index (χ3v) is 6.32. The maximum absolute atomic E-state index is 5.73. The Morgan fingerprint density at radius 3 is 2.00 bits per heavy atom. The highest BCUT2D eigenvalue weighted by Gasteiger charge is 2.40. The third-order valence-electron chi connectivity index (χ3n) is 6.32. The van der Waals surface area contributed by atoms with Crippen LogP contribution in [0.3, 0.4) is 0 Å². The van der Waals surface area contributed by atoms with Crippen LogP contribution in [0.2, 0.25) is 0 Å². The summed E-state index contributed by atoms with van der Waals surface area (Å²) in [7, 11) is 0. The van der Waals surface area contributed by atoms with Crippen molar-refractivity contribution in [3.8, 4) is 11.1 Å². The van der Waals surface area contributed by atoms with Crippen LogP contribution in [0.5, 0.6) is 0 Å². The highest BCUT2D eigenvalue weighted by Crippen LogP contribution is 2.46. The molecule has 0 aromatic heterocycles. The van der Waals surface area contributed by atoms with Gasteiger partial charge in [-0.3, -0.25) is 0 Å². The van der Waals surface area contributed by atoms with Crippen LogP contribution >= 0.6 is 0 Å². The highest BCUT2D eigenvalue weighted by molar-refractivity contribution is 5.69. The molecule has 0 aromatic carbocycles. The smallest absolute Gasteiger partial charge is 0.183 e. The monoisotopic (exact) mass is 354 g/mol. The Labute approximate surface area is 154 Å². The normalized spacial score (nSPS) is 24.5. The van der Waals surface area contributed by atoms with Gasteiger partial charge in [-0.1, -0.05) is 36.4 Å². The van der Waals surface area contributed by atoms with Gasteiger partial charge in [0, 0.05) is 11.0 Å². The summed E-state index contributed by atoms with van der Waals surface area (Å²) in [5.74, 6) is 0.656. The van der Waals surface area contributed by atoms with Crippen molar-refractivity contribution in [3.63, 3.8) is 0 Å². The van der Waals surface area contributed by atoms with Crippen molar-refractivity contribution in [1.82, 2.24) is 0 Å². The first-order valence-electron chi connectivity index (χ1n) is 9.83. The van der Waals surface area contributed by atoms with Crippen LogP contribution in [0.15, 0.2) is 36.4 Å². The molecule has 3 fully saturated rings. The zero-order chi connectivity index (χ0) is 17.4. The molecule has 0 amide bonds. The summed E-state index contributed by atoms with van der Waals surface area (Å²) in [4.78, 5) is 10.4. The first-order valence-corrected chi connectivity index (χ1v) is 9.83. The Balaban J connectivity index is 1.33. The average Bonchev–Trinajstić information content (AvgIpc) is 3.26. The van der Waals surface area contributed by atoms with Gasteiger partial charge in [0.1, 0.15) is 0 Å². The quantitative estimate of drug-likeness (QED) is 0.724. The fourth-order valence-corrected chi connectivity index (χ4v) is 4.58. The largest absolute Gasteiger partial charge is 0.348 e. The maximum Gasteiger partial charge on any atom is 0.183 e. The molecule has 1 saturated carbocycles. The molecule has 5 rings (SSSR count). The van der Waals surface area contributed by atoms with E-state index in [0.717, 1.165) is 38.4 Å². The second kappa shape index (κ2) is 6.93. The Morgan fingerprint density at radius 2 is 1.38 bits per heavy atom. The predicted molar refractivity (Wildman–Crippen MR) is 97.9 cm³/mol. The molecule has 0 atom stereocenters. The van der Waals surface area contributed by atoms with E-state index in [4.69, 9.17) is 19.2 Å². The zero-order valence-electron chi connectivity index (χ0n) is 15.1. The number of fused-ring (bicyclic) bond motifs is 1. The third kappa shape index (κ3) is 3.16. The Kier molecular flexibility index (Phi) is 4.45. The van der Waals surface area contributed by atoms with Crippen LogP contribution in [0.4, 0.5) is 0 Å². The summed E-state index contributed by atoms with van der Waals surface area (Å²) in [6.45, 7) is 3.09. The van der Waals surface area contributed by atoms with Gasteiger partial charge in [-0.25, -0.2) is 9.78 Å². The molecule has 1 spiro atoms. The fourth-order valence-electron chi connectivity index (χ4n) is 4.58. The second-order valence-electron chi connectivity index (χ2n) is 8.09. The van der Waals surface area contributed by atoms with Gasteiger partial charge in [0.05, 0.1) is 26.4 Å². The summed E-state index contributed by atoms with van der Waals surface area (Å²) >= 11 is 0. The standard InChI is InChI=1S/C22H26O4/c1-10-23-21(24-11-1)17-2-4-18-12-20(13-19(18)5-3-17)16-6-8-22(9-7-16)14-25-26-15-22/h2-5,12-13,16,21H,1,6-11,14-15H2. The van der Waals surface area contributed by atoms with E-state index in [9.17, 15) is 0 Å². The van der Waals surface area contributed by atoms with E-state index < -0.39 is 0 Å². The summed E-state index contributed by atoms with van der Waals surface area (Å²) in [5, 5.41) is 0. The Morgan fingerprint density at radius 1 is 0.769 bits per heavy atom. The molecule has 138 valence electrons. The van der Waals surface area contributed by atoms with E-state index >= 15 is 0 Å². The predicted octanol–water partition coefficient (Wildman–Crippen LogP) is 4.83. The van der Waals surface area contributed by atoms with Crippen molar-refractivity contribution in [2.24, 2.45) is 5.41 Å². The summed E-state index contributed by atoms with van der Waals surface area (Å²) in [5.41, 5.74) is 5.46. The van der Waals surface area contributed by atoms with E-state index in [1.165, 1.54) is 42.4 Å². The molecule has 4 nitrogen and oxygen atoms in total. The molecule has 4 heteroatoms. The Hall–Kier alpha value is -1.46. The molecule has 0 aromatic rings. The summed E-state index contributed by atoms with van der Waals surface area (Å²) in [6, 6.07) is 13.4. The molecular weight excluding hydrogens is 328 g/mol. The van der Waals surface area contributed by atoms with Gasteiger partial charge in [0.2, 0.25) is 0 Å². The molecule has 3 aliphatic carbocycles. The minimum Gasteiger partial charge on any atom is -0.348 e. The van der Waals surface area contributed by atoms with Crippen molar-refractivity contribution in [2.75, 3.05) is 26.4 Å². The van der Waals surface area contributed by atoms with Gasteiger partial charge in [-0.05, 0) is 54.7 Å². The minimum absolute atomic E-state index is 0.217. The van der Waals surface area contributed by atoms with Crippen molar-refractivity contribution >= 4 is 0 Å². The number of hydrogen-bond acceptors (Lipinski definition) is 4. The van der Waals surface area contributed by atoms with E-state index in [1.54, 1.807) is 0 Å². The van der Waals surface area contributed by atoms with Gasteiger partial charge in [-0.15, -0.1) is 0 Å². The lowest BCUT2D eigenvalue weighted by Crippen LogP contribution is -2.29. The molecular formula is C22H26O4. The van der Waals surface area contributed by atoms with Gasteiger partial charge in [0.15, 0.2) is 6.29 Å². The molecule has 2 aliphatic heterocycles. The summed E-state index contributed by atoms with van der Waals surface area (Å²) in [6.07, 6.45) is 5.62. The van der Waals surface area contributed by atoms with Gasteiger partial charge in [-0.2, -0.15) is 0 Å². The SMILES string of the molecule is c1cc(C2OCCCO2)ccc2cc(C3CCC4(CC3)COOC4)cc1-2. The Bertz CT molecular complexity index is 687. The molecule has 2 saturated heterocycles. The van der Waals surface area contributed by atoms with Crippen molar-refractivity contribution in [2.45, 2.75) is 44.3 Å². The van der Waals surface area contributed by atoms with Crippen LogP contribution in [0, 0.1) is 5.41 Å². The molecule has 0 bridgehead atoms. The minimum atomic E-state index is -0.217. The lowest BCUT2D eigenvalue weighted by Gasteiger charge is -2.34. The lowest BCUT2D eigenvalue weighted by molar-refractivity contribution is -0.248. The molecule has 5 aliphatic rings. The van der Waals surface area contributed by atoms with Crippen LogP contribution in [0.1, 0.15) is 55.4 Å². The molecule has 2 heterocycles. The van der Waals surface area contributed by atoms with Crippen LogP contribution in [0.25, 0.3) is 11.1 Å². The first kappa shape index (κ1) is 16.7. The summed E-state index contributed by atoms with van der Waals surface area (Å²) < 4.78 is 11.5. The van der Waals surface area contributed by atoms with Gasteiger partial charge in [0.25, 0.3) is 0 Å². The van der Waals surface area contributed by atoms with Crippen LogP contribution in [-0.2, 0) is 19.2 Å². The van der Waals surface area contributed by atoms with E-state index in [0.29, 0.717) is 5.92 Å². The maximum atomic E-state index is 5.73. The lowest BCUT2D eigenvalue weighted by atomic mass is 9.70. The van der Waals surface area contributed by atoms with Gasteiger partial charge >= 0.3 is 0 Å². The topological polar surface area (TPSA) is 36.9 Å². The van der Waals surface area contributed by atoms with Gasteiger partial charge < -0.3 is 9.47 Å². The van der Waals surface area contributed by atoms with E-state index in [2.05, 4.69) is 36.4 Å². The molecule has 0 unspecified atom stereocenters. The molecule has 0 radical (unpaired) electrons. The van der Waals surface area contributed by atoms with Crippen molar-refractivity contribution < 1.29 is 19.2 Å². The van der Waals surface area contributed by atoms with Crippen molar-refractivity contribution in [1.29, 1.82) is 0 Å². The molecule has 26 heavy (non-hydrogen) atoms. The zero-order valence-corrected chi connectivity index (χ0v) is 15.1. The van der Waals surface area contributed by atoms with Crippen LogP contribution in [-0.4, -0.2) is 26.4 Å². The highest BCUT2D eigenvalue weighted by atomic mass is 17.2. The number of hydrogen-bond donors (Lipinski definition) is 0. The van der Waals surface area contributed by atoms with E-state index in [1.807, 2.05) is 0 Å². The average molecular weight is 354 g/mol. The molecule has 0 N–H and O–H groups in total. The fraction of sp³-hybridized carbons (Fsp3) is 0.545. The van der Waals surface area contributed by atoms with Crippen LogP contribution < -0.4 is 0 Å². The second-order valence-corrected chi connectivity index (χ2v) is 8.09. The van der Waals surface area contributed by atoms with Crippen molar-refractivity contribution in [3.05, 3.63) is 47.5 Å². The number of ether oxygens (including phenoxy) is 2. The van der Waals surface area contributed by atoms with E-state index in [-0.39, 0.29) is 11.7 Å².